The van der Waals surface area contributed by atoms with Crippen LogP contribution in [0.15, 0.2) is 48.4 Å². The topological polar surface area (TPSA) is 103 Å². The maximum absolute atomic E-state index is 15.2. The maximum atomic E-state index is 15.2. The van der Waals surface area contributed by atoms with E-state index in [9.17, 15) is 14.0 Å². The van der Waals surface area contributed by atoms with Gasteiger partial charge in [-0.15, -0.1) is 0 Å². The number of pyridine rings is 1. The molecule has 0 radical (unpaired) electrons. The van der Waals surface area contributed by atoms with Gasteiger partial charge in [-0.05, 0) is 48.4 Å². The predicted molar refractivity (Wildman–Crippen MR) is 128 cm³/mol. The van der Waals surface area contributed by atoms with Crippen LogP contribution in [0.25, 0.3) is 0 Å². The van der Waals surface area contributed by atoms with E-state index >= 15 is 4.39 Å². The molecule has 36 heavy (non-hydrogen) atoms. The number of aromatic nitrogens is 1. The van der Waals surface area contributed by atoms with Gasteiger partial charge in [0.25, 0.3) is 0 Å². The second-order valence-electron chi connectivity index (χ2n) is 10.1. The number of nitrogens with one attached hydrogen (secondary N) is 3. The number of hydrogen-bond acceptors (Lipinski definition) is 5. The standard InChI is InChI=1S/C26H30F2N6O2/c1-15-19(4-3-9-29-15)24(16-5-6-20(21(28)10-16)26(2)7-8-26)31-25(36)22-11-17(27)14-34(22)23(35)12-18-13-30-33-32-18/h3-6,9-10,13,17,22,24,30,32-33H,7-8,11-12,14H2,1-2H3,(H,31,36)/p+1/t17-,22+,24?/m1/s1. The number of nitrogens with two attached hydrogens (primary N) is 1. The first-order valence-corrected chi connectivity index (χ1v) is 12.2. The van der Waals surface area contributed by atoms with E-state index in [1.807, 2.05) is 26.0 Å². The van der Waals surface area contributed by atoms with Crippen LogP contribution in [0.3, 0.4) is 0 Å². The molecule has 1 unspecified atom stereocenters. The van der Waals surface area contributed by atoms with Gasteiger partial charge in [0.15, 0.2) is 0 Å². The Kier molecular flexibility index (Phi) is 6.38. The van der Waals surface area contributed by atoms with E-state index in [1.54, 1.807) is 30.1 Å². The number of alkyl halides is 1. The fourth-order valence-electron chi connectivity index (χ4n) is 5.03. The van der Waals surface area contributed by atoms with Crippen molar-refractivity contribution in [2.75, 3.05) is 6.54 Å². The van der Waals surface area contributed by atoms with E-state index in [1.165, 1.54) is 11.0 Å². The normalized spacial score (nSPS) is 22.9. The first-order chi connectivity index (χ1) is 17.2. The van der Waals surface area contributed by atoms with Gasteiger partial charge in [-0.1, -0.05) is 25.1 Å². The van der Waals surface area contributed by atoms with Crippen LogP contribution in [0.2, 0.25) is 0 Å². The summed E-state index contributed by atoms with van der Waals surface area (Å²) in [5, 5.41) is 2.98. The average Bonchev–Trinajstić information content (AvgIpc) is 3.20. The summed E-state index contributed by atoms with van der Waals surface area (Å²) in [5.41, 5.74) is 10.5. The first kappa shape index (κ1) is 24.2. The van der Waals surface area contributed by atoms with E-state index in [4.69, 9.17) is 0 Å². The van der Waals surface area contributed by atoms with Gasteiger partial charge < -0.3 is 10.2 Å². The summed E-state index contributed by atoms with van der Waals surface area (Å²) in [6.07, 6.45) is 3.84. The lowest BCUT2D eigenvalue weighted by Crippen LogP contribution is -2.96. The quantitative estimate of drug-likeness (QED) is 0.435. The zero-order valence-electron chi connectivity index (χ0n) is 20.4. The van der Waals surface area contributed by atoms with Gasteiger partial charge >= 0.3 is 0 Å². The van der Waals surface area contributed by atoms with E-state index in [0.717, 1.165) is 12.8 Å². The molecule has 2 amide bonds. The molecule has 1 aromatic heterocycles. The Hall–Kier alpha value is -3.53. The Labute approximate surface area is 208 Å². The molecule has 3 aliphatic rings. The second kappa shape index (κ2) is 9.50. The summed E-state index contributed by atoms with van der Waals surface area (Å²) >= 11 is 0. The average molecular weight is 498 g/mol. The van der Waals surface area contributed by atoms with Gasteiger partial charge in [0, 0.05) is 23.9 Å². The molecule has 1 aliphatic carbocycles. The van der Waals surface area contributed by atoms with Crippen molar-refractivity contribution in [2.24, 2.45) is 0 Å². The molecule has 2 aliphatic heterocycles. The fraction of sp³-hybridized carbons (Fsp3) is 0.423. The van der Waals surface area contributed by atoms with Gasteiger partial charge in [-0.25, -0.2) is 19.6 Å². The van der Waals surface area contributed by atoms with Crippen LogP contribution in [-0.4, -0.2) is 40.5 Å². The van der Waals surface area contributed by atoms with Crippen LogP contribution in [0, 0.1) is 12.7 Å². The summed E-state index contributed by atoms with van der Waals surface area (Å²) in [7, 11) is 0. The van der Waals surface area contributed by atoms with Gasteiger partial charge in [-0.3, -0.25) is 14.6 Å². The number of benzene rings is 1. The zero-order chi connectivity index (χ0) is 25.4. The first-order valence-electron chi connectivity index (χ1n) is 12.2. The minimum Gasteiger partial charge on any atom is -0.343 e. The summed E-state index contributed by atoms with van der Waals surface area (Å²) in [5.74, 6) is -1.13. The van der Waals surface area contributed by atoms with Gasteiger partial charge in [0.05, 0.1) is 30.9 Å². The highest BCUT2D eigenvalue weighted by atomic mass is 19.1. The number of carbonyl (C=O) groups excluding carboxylic acids is 2. The molecule has 0 bridgehead atoms. The molecular formula is C26H31F2N6O2+. The van der Waals surface area contributed by atoms with Crippen LogP contribution in [0.5, 0.6) is 0 Å². The van der Waals surface area contributed by atoms with E-state index in [-0.39, 0.29) is 36.5 Å². The maximum Gasteiger partial charge on any atom is 0.243 e. The van der Waals surface area contributed by atoms with Gasteiger partial charge in [-0.2, -0.15) is 5.53 Å². The number of likely N-dealkylation sites (tertiary alicyclic amines) is 1. The number of quaternary nitrogens is 1. The Morgan fingerprint density at radius 1 is 1.33 bits per heavy atom. The molecule has 2 aromatic rings. The molecule has 3 atom stereocenters. The predicted octanol–water partition coefficient (Wildman–Crippen LogP) is 1.54. The van der Waals surface area contributed by atoms with Crippen molar-refractivity contribution >= 4 is 11.8 Å². The molecular weight excluding hydrogens is 466 g/mol. The summed E-state index contributed by atoms with van der Waals surface area (Å²) in [6, 6.07) is 7.02. The fourth-order valence-corrected chi connectivity index (χ4v) is 5.03. The third kappa shape index (κ3) is 4.77. The molecule has 5 rings (SSSR count). The highest BCUT2D eigenvalue weighted by Gasteiger charge is 2.42. The van der Waals surface area contributed by atoms with Crippen LogP contribution >= 0.6 is 0 Å². The number of nitrogens with zero attached hydrogens (tertiary/aromatic N) is 2. The smallest absolute Gasteiger partial charge is 0.243 e. The van der Waals surface area contributed by atoms with Crippen molar-refractivity contribution < 1.29 is 23.9 Å². The van der Waals surface area contributed by atoms with Crippen molar-refractivity contribution in [3.8, 4) is 0 Å². The molecule has 10 heteroatoms. The van der Waals surface area contributed by atoms with E-state index in [2.05, 4.69) is 21.2 Å². The largest absolute Gasteiger partial charge is 0.343 e. The molecule has 1 aromatic carbocycles. The number of carbonyl (C=O) groups is 2. The summed E-state index contributed by atoms with van der Waals surface area (Å²) in [4.78, 5) is 32.1. The van der Waals surface area contributed by atoms with Crippen LogP contribution in [0.1, 0.15) is 61.0 Å². The van der Waals surface area contributed by atoms with Crippen molar-refractivity contribution in [2.45, 2.75) is 63.2 Å². The summed E-state index contributed by atoms with van der Waals surface area (Å²) < 4.78 is 29.6. The van der Waals surface area contributed by atoms with Crippen LogP contribution in [0.4, 0.5) is 8.78 Å². The lowest BCUT2D eigenvalue weighted by molar-refractivity contribution is -0.739. The Bertz CT molecular complexity index is 1210. The van der Waals surface area contributed by atoms with Crippen molar-refractivity contribution in [1.82, 2.24) is 26.1 Å². The lowest BCUT2D eigenvalue weighted by Gasteiger charge is -2.27. The molecule has 2 fully saturated rings. The molecule has 1 saturated heterocycles. The molecule has 0 spiro atoms. The van der Waals surface area contributed by atoms with E-state index < -0.39 is 24.2 Å². The number of halogens is 2. The highest BCUT2D eigenvalue weighted by molar-refractivity contribution is 5.89. The number of hydrogen-bond donors (Lipinski definition) is 4. The highest BCUT2D eigenvalue weighted by Crippen LogP contribution is 2.48. The Balaban J connectivity index is 1.41. The minimum atomic E-state index is -1.30. The van der Waals surface area contributed by atoms with Crippen LogP contribution < -0.4 is 21.7 Å². The molecule has 5 N–H and O–H groups in total. The number of aryl methyl sites for hydroxylation is 1. The monoisotopic (exact) mass is 497 g/mol. The molecule has 1 saturated carbocycles. The Morgan fingerprint density at radius 3 is 2.81 bits per heavy atom. The zero-order valence-corrected chi connectivity index (χ0v) is 20.4. The summed E-state index contributed by atoms with van der Waals surface area (Å²) in [6.45, 7) is 3.72. The van der Waals surface area contributed by atoms with Gasteiger partial charge in [0.1, 0.15) is 18.0 Å². The van der Waals surface area contributed by atoms with E-state index in [0.29, 0.717) is 28.1 Å². The lowest BCUT2D eigenvalue weighted by atomic mass is 9.92. The Morgan fingerprint density at radius 2 is 2.14 bits per heavy atom. The minimum absolute atomic E-state index is 0.0244. The molecule has 3 heterocycles. The third-order valence-electron chi connectivity index (χ3n) is 7.44. The third-order valence-corrected chi connectivity index (χ3v) is 7.44. The van der Waals surface area contributed by atoms with Crippen LogP contribution in [-0.2, 0) is 15.0 Å². The van der Waals surface area contributed by atoms with Crippen molar-refractivity contribution in [3.63, 3.8) is 0 Å². The second-order valence-corrected chi connectivity index (χ2v) is 10.1. The molecule has 190 valence electrons. The molecule has 8 nitrogen and oxygen atoms in total. The number of rotatable bonds is 7. The SMILES string of the molecule is Cc1ncccc1C(NC(=O)[C@@H]1C[C@@H](F)CN1C(=O)CC1=CN[NH2+]N1)c1ccc(C2(C)CC2)c(F)c1. The van der Waals surface area contributed by atoms with Crippen molar-refractivity contribution in [3.05, 3.63) is 76.6 Å². The van der Waals surface area contributed by atoms with Crippen molar-refractivity contribution in [1.29, 1.82) is 0 Å². The number of amides is 2. The van der Waals surface area contributed by atoms with Gasteiger partial charge in [0.2, 0.25) is 11.8 Å².